The summed E-state index contributed by atoms with van der Waals surface area (Å²) in [5.41, 5.74) is 0. The van der Waals surface area contributed by atoms with E-state index in [4.69, 9.17) is 0 Å². The number of rotatable bonds is 1. The summed E-state index contributed by atoms with van der Waals surface area (Å²) in [5.74, 6) is -4.75. The van der Waals surface area contributed by atoms with Crippen molar-refractivity contribution >= 4 is 0 Å². The Balaban J connectivity index is 4.47. The van der Waals surface area contributed by atoms with Gasteiger partial charge in [-0.3, -0.25) is 0 Å². The molecular weight excluding hydrogens is 157 g/mol. The number of halogens is 5. The van der Waals surface area contributed by atoms with Crippen molar-refractivity contribution in [1.82, 2.24) is 5.32 Å². The van der Waals surface area contributed by atoms with Gasteiger partial charge in [0.2, 0.25) is 5.95 Å². The smallest absolute Gasteiger partial charge is 0.363 e. The SMILES string of the molecule is CN/C(F)=C(\F)C(F)(F)F. The van der Waals surface area contributed by atoms with Crippen molar-refractivity contribution in [3.05, 3.63) is 11.8 Å². The minimum absolute atomic E-state index is 0.848. The molecule has 1 nitrogen and oxygen atoms in total. The van der Waals surface area contributed by atoms with E-state index >= 15 is 0 Å². The average molecular weight is 161 g/mol. The Bertz CT molecular complexity index is 146. The number of alkyl halides is 3. The molecular formula is C4H4F5N. The van der Waals surface area contributed by atoms with Gasteiger partial charge in [0.05, 0.1) is 0 Å². The van der Waals surface area contributed by atoms with Crippen molar-refractivity contribution in [2.75, 3.05) is 7.05 Å². The third-order valence-electron chi connectivity index (χ3n) is 0.661. The zero-order chi connectivity index (χ0) is 8.36. The van der Waals surface area contributed by atoms with Crippen LogP contribution in [0.5, 0.6) is 0 Å². The molecule has 0 saturated heterocycles. The maximum absolute atomic E-state index is 11.7. The normalized spacial score (nSPS) is 14.6. The Kier molecular flexibility index (Phi) is 2.62. The summed E-state index contributed by atoms with van der Waals surface area (Å²) >= 11 is 0. The summed E-state index contributed by atoms with van der Waals surface area (Å²) in [7, 11) is 0.848. The van der Waals surface area contributed by atoms with Crippen molar-refractivity contribution in [1.29, 1.82) is 0 Å². The van der Waals surface area contributed by atoms with Gasteiger partial charge in [0.15, 0.2) is 0 Å². The summed E-state index contributed by atoms with van der Waals surface area (Å²) in [4.78, 5) is 0. The third kappa shape index (κ3) is 2.20. The topological polar surface area (TPSA) is 12.0 Å². The van der Waals surface area contributed by atoms with Crippen LogP contribution < -0.4 is 5.32 Å². The Hall–Kier alpha value is -0.810. The highest BCUT2D eigenvalue weighted by Crippen LogP contribution is 2.28. The van der Waals surface area contributed by atoms with E-state index in [1.807, 2.05) is 0 Å². The molecule has 0 aromatic rings. The maximum Gasteiger partial charge on any atom is 0.447 e. The molecule has 1 N–H and O–H groups in total. The molecule has 0 rings (SSSR count). The van der Waals surface area contributed by atoms with Crippen molar-refractivity contribution in [3.8, 4) is 0 Å². The number of allylic oxidation sites excluding steroid dienone is 1. The highest BCUT2D eigenvalue weighted by molar-refractivity contribution is 5.02. The predicted octanol–water partition coefficient (Wildman–Crippen LogP) is 1.88. The lowest BCUT2D eigenvalue weighted by atomic mass is 10.5. The first kappa shape index (κ1) is 9.19. The molecule has 0 aromatic heterocycles. The highest BCUT2D eigenvalue weighted by Gasteiger charge is 2.38. The molecule has 0 spiro atoms. The molecule has 0 amide bonds. The molecule has 0 aliphatic rings. The lowest BCUT2D eigenvalue weighted by molar-refractivity contribution is -0.111. The minimum Gasteiger partial charge on any atom is -0.363 e. The minimum atomic E-state index is -5.24. The summed E-state index contributed by atoms with van der Waals surface area (Å²) < 4.78 is 56.8. The van der Waals surface area contributed by atoms with Crippen LogP contribution in [0.25, 0.3) is 0 Å². The van der Waals surface area contributed by atoms with Gasteiger partial charge in [0, 0.05) is 7.05 Å². The second-order valence-electron chi connectivity index (χ2n) is 1.38. The lowest BCUT2D eigenvalue weighted by Crippen LogP contribution is -2.14. The Morgan fingerprint density at radius 2 is 1.60 bits per heavy atom. The van der Waals surface area contributed by atoms with E-state index in [2.05, 4.69) is 0 Å². The van der Waals surface area contributed by atoms with Gasteiger partial charge in [-0.25, -0.2) is 0 Å². The lowest BCUT2D eigenvalue weighted by Gasteiger charge is -2.03. The van der Waals surface area contributed by atoms with Gasteiger partial charge in [-0.15, -0.1) is 0 Å². The van der Waals surface area contributed by atoms with Crippen LogP contribution in [-0.4, -0.2) is 13.2 Å². The van der Waals surface area contributed by atoms with Crippen molar-refractivity contribution in [3.63, 3.8) is 0 Å². The van der Waals surface area contributed by atoms with E-state index in [9.17, 15) is 22.0 Å². The van der Waals surface area contributed by atoms with Gasteiger partial charge < -0.3 is 5.32 Å². The first-order valence-electron chi connectivity index (χ1n) is 2.19. The van der Waals surface area contributed by atoms with Gasteiger partial charge in [-0.05, 0) is 0 Å². The van der Waals surface area contributed by atoms with E-state index in [0.717, 1.165) is 7.05 Å². The van der Waals surface area contributed by atoms with E-state index in [0.29, 0.717) is 0 Å². The summed E-state index contributed by atoms with van der Waals surface area (Å²) in [6.07, 6.45) is -5.24. The molecule has 0 radical (unpaired) electrons. The van der Waals surface area contributed by atoms with Crippen LogP contribution in [0.15, 0.2) is 11.8 Å². The van der Waals surface area contributed by atoms with Crippen LogP contribution in [-0.2, 0) is 0 Å². The molecule has 0 unspecified atom stereocenters. The maximum atomic E-state index is 11.7. The monoisotopic (exact) mass is 161 g/mol. The summed E-state index contributed by atoms with van der Waals surface area (Å²) in [6, 6.07) is 0. The molecule has 6 heteroatoms. The van der Waals surface area contributed by atoms with Crippen LogP contribution in [0.4, 0.5) is 22.0 Å². The molecule has 0 saturated carbocycles. The van der Waals surface area contributed by atoms with Gasteiger partial charge in [-0.1, -0.05) is 0 Å². The fraction of sp³-hybridized carbons (Fsp3) is 0.500. The molecule has 0 aliphatic heterocycles. The molecule has 0 aromatic carbocycles. The van der Waals surface area contributed by atoms with Crippen LogP contribution in [0.1, 0.15) is 0 Å². The van der Waals surface area contributed by atoms with Gasteiger partial charge in [0.1, 0.15) is 0 Å². The quantitative estimate of drug-likeness (QED) is 0.457. The molecule has 0 heterocycles. The number of hydrogen-bond acceptors (Lipinski definition) is 1. The molecule has 10 heavy (non-hydrogen) atoms. The van der Waals surface area contributed by atoms with Crippen molar-refractivity contribution in [2.45, 2.75) is 6.18 Å². The first-order valence-corrected chi connectivity index (χ1v) is 2.19. The zero-order valence-corrected chi connectivity index (χ0v) is 4.89. The summed E-state index contributed by atoms with van der Waals surface area (Å²) in [6.45, 7) is 0. The Morgan fingerprint density at radius 1 is 1.20 bits per heavy atom. The Labute approximate surface area is 53.5 Å². The van der Waals surface area contributed by atoms with E-state index in [-0.39, 0.29) is 0 Å². The second-order valence-corrected chi connectivity index (χ2v) is 1.38. The Morgan fingerprint density at radius 3 is 1.70 bits per heavy atom. The number of hydrogen-bond donors (Lipinski definition) is 1. The highest BCUT2D eigenvalue weighted by atomic mass is 19.4. The first-order chi connectivity index (χ1) is 4.39. The van der Waals surface area contributed by atoms with Crippen molar-refractivity contribution in [2.24, 2.45) is 0 Å². The molecule has 0 aliphatic carbocycles. The fourth-order valence-corrected chi connectivity index (χ4v) is 0.234. The number of nitrogens with one attached hydrogen (secondary N) is 1. The molecule has 0 atom stereocenters. The second kappa shape index (κ2) is 2.85. The molecule has 0 fully saturated rings. The van der Waals surface area contributed by atoms with Crippen molar-refractivity contribution < 1.29 is 22.0 Å². The van der Waals surface area contributed by atoms with Crippen LogP contribution in [0.2, 0.25) is 0 Å². The van der Waals surface area contributed by atoms with E-state index < -0.39 is 18.0 Å². The summed E-state index contributed by atoms with van der Waals surface area (Å²) in [5, 5.41) is 1.39. The van der Waals surface area contributed by atoms with E-state index in [1.54, 1.807) is 0 Å². The average Bonchev–Trinajstić information content (AvgIpc) is 1.83. The zero-order valence-electron chi connectivity index (χ0n) is 4.89. The van der Waals surface area contributed by atoms with Gasteiger partial charge in [-0.2, -0.15) is 22.0 Å². The fourth-order valence-electron chi connectivity index (χ4n) is 0.234. The largest absolute Gasteiger partial charge is 0.447 e. The molecule has 60 valence electrons. The van der Waals surface area contributed by atoms with Gasteiger partial charge >= 0.3 is 6.18 Å². The van der Waals surface area contributed by atoms with Crippen LogP contribution in [0, 0.1) is 0 Å². The third-order valence-corrected chi connectivity index (χ3v) is 0.661. The van der Waals surface area contributed by atoms with Crippen LogP contribution in [0.3, 0.4) is 0 Å². The van der Waals surface area contributed by atoms with Crippen LogP contribution >= 0.6 is 0 Å². The molecule has 0 bridgehead atoms. The van der Waals surface area contributed by atoms with E-state index in [1.165, 1.54) is 5.32 Å². The van der Waals surface area contributed by atoms with Gasteiger partial charge in [0.25, 0.3) is 5.83 Å². The predicted molar refractivity (Wildman–Crippen MR) is 24.4 cm³/mol. The standard InChI is InChI=1S/C4H4F5N/c1-10-3(6)2(5)4(7,8)9/h10H,1H3/b3-2-.